The van der Waals surface area contributed by atoms with Gasteiger partial charge in [0.2, 0.25) is 0 Å². The third kappa shape index (κ3) is 7.84. The summed E-state index contributed by atoms with van der Waals surface area (Å²) in [5.74, 6) is 0. The molecular weight excluding hydrogens is 841 g/mol. The molecule has 0 aromatic heterocycles. The molecule has 0 heterocycles. The smallest absolute Gasteiger partial charge is 0.0187 e. The van der Waals surface area contributed by atoms with Crippen LogP contribution in [0.3, 0.4) is 0 Å². The monoisotopic (exact) mass is 911 g/mol. The van der Waals surface area contributed by atoms with E-state index in [1.807, 2.05) is 0 Å². The molecule has 0 aliphatic heterocycles. The molecule has 2 unspecified atom stereocenters. The highest BCUT2D eigenvalue weighted by Crippen LogP contribution is 2.56. The lowest BCUT2D eigenvalue weighted by atomic mass is 9.75. The number of benzene rings is 8. The van der Waals surface area contributed by atoms with Crippen LogP contribution < -0.4 is 0 Å². The highest BCUT2D eigenvalue weighted by atomic mass is 14.4. The van der Waals surface area contributed by atoms with Crippen molar-refractivity contribution < 1.29 is 0 Å². The van der Waals surface area contributed by atoms with Crippen LogP contribution in [0.25, 0.3) is 67.3 Å². The maximum Gasteiger partial charge on any atom is 0.0187 e. The minimum absolute atomic E-state index is 0.0192. The lowest BCUT2D eigenvalue weighted by molar-refractivity contribution is 0.487. The molecular formula is C70H70. The molecule has 3 aliphatic carbocycles. The van der Waals surface area contributed by atoms with Crippen LogP contribution in [-0.2, 0) is 16.2 Å². The van der Waals surface area contributed by atoms with Gasteiger partial charge in [-0.25, -0.2) is 0 Å². The molecule has 0 amide bonds. The van der Waals surface area contributed by atoms with E-state index in [0.717, 1.165) is 6.42 Å². The van der Waals surface area contributed by atoms with Gasteiger partial charge in [-0.15, -0.1) is 0 Å². The average molecular weight is 911 g/mol. The summed E-state index contributed by atoms with van der Waals surface area (Å²) in [7, 11) is 0. The fourth-order valence-corrected chi connectivity index (χ4v) is 13.0. The van der Waals surface area contributed by atoms with Crippen LogP contribution >= 0.6 is 0 Å². The van der Waals surface area contributed by atoms with E-state index < -0.39 is 0 Å². The van der Waals surface area contributed by atoms with Gasteiger partial charge in [-0.2, -0.15) is 0 Å². The Morgan fingerprint density at radius 1 is 0.371 bits per heavy atom. The van der Waals surface area contributed by atoms with Crippen molar-refractivity contribution in [3.05, 3.63) is 225 Å². The van der Waals surface area contributed by atoms with Crippen molar-refractivity contribution in [1.29, 1.82) is 0 Å². The minimum Gasteiger partial charge on any atom is -0.0654 e. The van der Waals surface area contributed by atoms with E-state index in [1.165, 1.54) is 175 Å². The van der Waals surface area contributed by atoms with E-state index in [0.29, 0.717) is 0 Å². The van der Waals surface area contributed by atoms with Crippen LogP contribution in [-0.4, -0.2) is 0 Å². The molecule has 0 fully saturated rings. The summed E-state index contributed by atoms with van der Waals surface area (Å²) >= 11 is 0. The zero-order chi connectivity index (χ0) is 48.2. The summed E-state index contributed by atoms with van der Waals surface area (Å²) in [5.41, 5.74) is 28.5. The maximum absolute atomic E-state index is 2.56. The lowest BCUT2D eigenvalue weighted by Crippen LogP contribution is -2.21. The standard InChI is InChI=1S/C70H70/c1-8-10-12-20-38-69(6)64-40-47(3)26-32-57(64)59-36-30-53(45-66(59)69)51-28-34-55-56-35-29-52(44-63(56)68(4,5)62(55)43-51)54-31-37-60-58-33-27-48(42-65(58)70(7,67(60)46-54)39-21-13-11-9-2)41-61(49-22-16-14-17-23-49)50-24-18-15-19-25-50/h14-19,22-37,40-46H,8-13,20-21,38-39H2,1-7H3. The Bertz CT molecular complexity index is 3240. The average Bonchev–Trinajstić information content (AvgIpc) is 3.88. The van der Waals surface area contributed by atoms with Gasteiger partial charge in [0.25, 0.3) is 0 Å². The predicted molar refractivity (Wildman–Crippen MR) is 301 cm³/mol. The summed E-state index contributed by atoms with van der Waals surface area (Å²) in [4.78, 5) is 0. The second-order valence-corrected chi connectivity index (χ2v) is 22.1. The van der Waals surface area contributed by atoms with Crippen LogP contribution in [0.2, 0.25) is 0 Å². The Hall–Kier alpha value is -6.50. The first-order chi connectivity index (χ1) is 34.0. The zero-order valence-electron chi connectivity index (χ0n) is 42.8. The first-order valence-electron chi connectivity index (χ1n) is 26.7. The van der Waals surface area contributed by atoms with Crippen LogP contribution in [0, 0.1) is 6.92 Å². The first-order valence-corrected chi connectivity index (χ1v) is 26.7. The van der Waals surface area contributed by atoms with E-state index in [-0.39, 0.29) is 16.2 Å². The quantitative estimate of drug-likeness (QED) is 0.0710. The molecule has 11 rings (SSSR count). The lowest BCUT2D eigenvalue weighted by Gasteiger charge is -2.28. The third-order valence-electron chi connectivity index (χ3n) is 17.1. The van der Waals surface area contributed by atoms with E-state index in [4.69, 9.17) is 0 Å². The van der Waals surface area contributed by atoms with Crippen molar-refractivity contribution in [3.63, 3.8) is 0 Å². The van der Waals surface area contributed by atoms with Crippen LogP contribution in [0.1, 0.15) is 161 Å². The van der Waals surface area contributed by atoms with Gasteiger partial charge in [-0.1, -0.05) is 244 Å². The molecule has 0 saturated heterocycles. The van der Waals surface area contributed by atoms with Gasteiger partial charge in [0.05, 0.1) is 0 Å². The molecule has 3 aliphatic rings. The van der Waals surface area contributed by atoms with Crippen LogP contribution in [0.4, 0.5) is 0 Å². The van der Waals surface area contributed by atoms with Gasteiger partial charge in [-0.3, -0.25) is 0 Å². The summed E-state index contributed by atoms with van der Waals surface area (Å²) < 4.78 is 0. The maximum atomic E-state index is 2.56. The zero-order valence-corrected chi connectivity index (χ0v) is 42.8. The number of unbranched alkanes of at least 4 members (excludes halogenated alkanes) is 6. The largest absolute Gasteiger partial charge is 0.0654 e. The van der Waals surface area contributed by atoms with Gasteiger partial charge >= 0.3 is 0 Å². The second-order valence-electron chi connectivity index (χ2n) is 22.1. The highest BCUT2D eigenvalue weighted by Gasteiger charge is 2.41. The summed E-state index contributed by atoms with van der Waals surface area (Å²) in [6, 6.07) is 65.5. The molecule has 0 radical (unpaired) electrons. The number of fused-ring (bicyclic) bond motifs is 9. The van der Waals surface area contributed by atoms with Crippen molar-refractivity contribution in [3.8, 4) is 55.6 Å². The van der Waals surface area contributed by atoms with Gasteiger partial charge in [0.15, 0.2) is 0 Å². The highest BCUT2D eigenvalue weighted by molar-refractivity contribution is 5.93. The molecule has 8 aromatic rings. The van der Waals surface area contributed by atoms with Crippen molar-refractivity contribution in [2.24, 2.45) is 0 Å². The van der Waals surface area contributed by atoms with Crippen molar-refractivity contribution in [1.82, 2.24) is 0 Å². The van der Waals surface area contributed by atoms with E-state index >= 15 is 0 Å². The fourth-order valence-electron chi connectivity index (χ4n) is 13.0. The number of rotatable bonds is 15. The van der Waals surface area contributed by atoms with Gasteiger partial charge in [0.1, 0.15) is 0 Å². The summed E-state index contributed by atoms with van der Waals surface area (Å²) in [6.07, 6.45) is 14.9. The Morgan fingerprint density at radius 2 is 0.743 bits per heavy atom. The molecule has 8 aromatic carbocycles. The molecule has 350 valence electrons. The molecule has 0 heteroatoms. The van der Waals surface area contributed by atoms with Crippen molar-refractivity contribution in [2.45, 2.75) is 129 Å². The Morgan fingerprint density at radius 3 is 1.19 bits per heavy atom. The SMILES string of the molecule is CCCCCCC1(C)c2cc(C)ccc2-c2ccc(-c3ccc4c(c3)C(C)(C)c3cc(-c5ccc6c(c5)C(C)(CCCCCC)c5cc(C=C(c7ccccc7)c7ccccc7)ccc5-6)ccc3-4)cc21. The van der Waals surface area contributed by atoms with E-state index in [1.54, 1.807) is 0 Å². The Kier molecular flexibility index (Phi) is 12.0. The Labute approximate surface area is 419 Å². The number of hydrogen-bond donors (Lipinski definition) is 0. The van der Waals surface area contributed by atoms with Gasteiger partial charge in [-0.05, 0) is 161 Å². The van der Waals surface area contributed by atoms with E-state index in [2.05, 4.69) is 224 Å². The van der Waals surface area contributed by atoms with Crippen LogP contribution in [0.15, 0.2) is 170 Å². The topological polar surface area (TPSA) is 0 Å². The summed E-state index contributed by atoms with van der Waals surface area (Å²) in [6.45, 7) is 16.8. The van der Waals surface area contributed by atoms with Gasteiger partial charge < -0.3 is 0 Å². The molecule has 0 N–H and O–H groups in total. The molecule has 0 spiro atoms. The minimum atomic E-state index is -0.141. The summed E-state index contributed by atoms with van der Waals surface area (Å²) in [5, 5.41) is 0. The predicted octanol–water partition coefficient (Wildman–Crippen LogP) is 19.7. The van der Waals surface area contributed by atoms with Crippen LogP contribution in [0.5, 0.6) is 0 Å². The molecule has 0 nitrogen and oxygen atoms in total. The molecule has 70 heavy (non-hydrogen) atoms. The van der Waals surface area contributed by atoms with Crippen molar-refractivity contribution >= 4 is 11.6 Å². The number of aryl methyl sites for hydroxylation is 1. The number of hydrogen-bond acceptors (Lipinski definition) is 0. The fraction of sp³-hybridized carbons (Fsp3) is 0.286. The molecule has 0 bridgehead atoms. The van der Waals surface area contributed by atoms with Gasteiger partial charge in [0, 0.05) is 16.2 Å². The first kappa shape index (κ1) is 45.9. The van der Waals surface area contributed by atoms with E-state index in [9.17, 15) is 0 Å². The van der Waals surface area contributed by atoms with Crippen molar-refractivity contribution in [2.75, 3.05) is 0 Å². The molecule has 2 atom stereocenters. The second kappa shape index (κ2) is 18.4. The molecule has 0 saturated carbocycles. The third-order valence-corrected chi connectivity index (χ3v) is 17.1. The normalized spacial score (nSPS) is 17.6. The Balaban J connectivity index is 0.925.